The van der Waals surface area contributed by atoms with E-state index in [1.165, 1.54) is 0 Å². The quantitative estimate of drug-likeness (QED) is 0.641. The Labute approximate surface area is 144 Å². The number of anilines is 1. The predicted octanol–water partition coefficient (Wildman–Crippen LogP) is 0.507. The number of nitrogens with zero attached hydrogens (tertiary/aromatic N) is 3. The van der Waals surface area contributed by atoms with Gasteiger partial charge < -0.3 is 20.3 Å². The van der Waals surface area contributed by atoms with Crippen LogP contribution < -0.4 is 10.6 Å². The van der Waals surface area contributed by atoms with Gasteiger partial charge in [-0.3, -0.25) is 9.69 Å². The Morgan fingerprint density at radius 3 is 2.88 bits per heavy atom. The molecular weight excluding hydrogens is 306 g/mol. The number of morpholine rings is 1. The molecule has 0 spiro atoms. The van der Waals surface area contributed by atoms with E-state index < -0.39 is 0 Å². The number of hydrogen-bond acceptors (Lipinski definition) is 6. The molecule has 1 fully saturated rings. The highest BCUT2D eigenvalue weighted by Crippen LogP contribution is 2.07. The minimum atomic E-state index is -0.0487. The Bertz CT molecular complexity index is 504. The SMILES string of the molecule is CN(C)CCCNC(=O)c1ccnc(NCCN2CCOCC2)c1. The van der Waals surface area contributed by atoms with E-state index in [-0.39, 0.29) is 5.91 Å². The standard InChI is InChI=1S/C17H29N5O2/c1-21(2)8-3-5-20-17(23)15-4-6-18-16(14-15)19-7-9-22-10-12-24-13-11-22/h4,6,14H,3,5,7-13H2,1-2H3,(H,18,19)(H,20,23). The Morgan fingerprint density at radius 2 is 2.12 bits per heavy atom. The summed E-state index contributed by atoms with van der Waals surface area (Å²) in [6.45, 7) is 6.97. The van der Waals surface area contributed by atoms with E-state index in [1.807, 2.05) is 14.1 Å². The fraction of sp³-hybridized carbons (Fsp3) is 0.647. The first kappa shape index (κ1) is 18.6. The maximum absolute atomic E-state index is 12.2. The van der Waals surface area contributed by atoms with Crippen LogP contribution in [0.3, 0.4) is 0 Å². The largest absolute Gasteiger partial charge is 0.379 e. The molecule has 2 N–H and O–H groups in total. The van der Waals surface area contributed by atoms with Crippen molar-refractivity contribution in [2.75, 3.05) is 71.9 Å². The van der Waals surface area contributed by atoms with Crippen LogP contribution in [-0.4, -0.2) is 87.3 Å². The van der Waals surface area contributed by atoms with Gasteiger partial charge in [0, 0.05) is 44.5 Å². The molecule has 2 heterocycles. The van der Waals surface area contributed by atoms with E-state index in [2.05, 4.69) is 25.4 Å². The summed E-state index contributed by atoms with van der Waals surface area (Å²) in [5.41, 5.74) is 0.642. The second-order valence-electron chi connectivity index (χ2n) is 6.22. The molecule has 0 saturated carbocycles. The third-order valence-electron chi connectivity index (χ3n) is 3.93. The van der Waals surface area contributed by atoms with Crippen molar-refractivity contribution >= 4 is 11.7 Å². The third-order valence-corrected chi connectivity index (χ3v) is 3.93. The average molecular weight is 335 g/mol. The molecule has 1 aliphatic heterocycles. The summed E-state index contributed by atoms with van der Waals surface area (Å²) in [4.78, 5) is 20.9. The van der Waals surface area contributed by atoms with E-state index >= 15 is 0 Å². The lowest BCUT2D eigenvalue weighted by Gasteiger charge is -2.26. The molecule has 7 heteroatoms. The number of carbonyl (C=O) groups is 1. The highest BCUT2D eigenvalue weighted by atomic mass is 16.5. The summed E-state index contributed by atoms with van der Waals surface area (Å²) in [5.74, 6) is 0.691. The third kappa shape index (κ3) is 6.82. The van der Waals surface area contributed by atoms with Crippen molar-refractivity contribution in [1.29, 1.82) is 0 Å². The number of amides is 1. The zero-order valence-electron chi connectivity index (χ0n) is 14.8. The number of pyridine rings is 1. The second kappa shape index (κ2) is 10.2. The lowest BCUT2D eigenvalue weighted by atomic mass is 10.2. The molecule has 0 aliphatic carbocycles. The lowest BCUT2D eigenvalue weighted by molar-refractivity contribution is 0.0398. The van der Waals surface area contributed by atoms with E-state index in [1.54, 1.807) is 18.3 Å². The van der Waals surface area contributed by atoms with Crippen molar-refractivity contribution in [1.82, 2.24) is 20.1 Å². The molecule has 134 valence electrons. The zero-order chi connectivity index (χ0) is 17.2. The molecular formula is C17H29N5O2. The van der Waals surface area contributed by atoms with Gasteiger partial charge in [0.15, 0.2) is 0 Å². The summed E-state index contributed by atoms with van der Waals surface area (Å²) in [5, 5.41) is 6.24. The van der Waals surface area contributed by atoms with Crippen LogP contribution in [0.2, 0.25) is 0 Å². The van der Waals surface area contributed by atoms with Crippen LogP contribution in [0.25, 0.3) is 0 Å². The fourth-order valence-corrected chi connectivity index (χ4v) is 2.53. The zero-order valence-corrected chi connectivity index (χ0v) is 14.8. The molecule has 2 rings (SSSR count). The number of aromatic nitrogens is 1. The first-order valence-corrected chi connectivity index (χ1v) is 8.58. The maximum atomic E-state index is 12.2. The van der Waals surface area contributed by atoms with Gasteiger partial charge in [0.1, 0.15) is 5.82 Å². The smallest absolute Gasteiger partial charge is 0.251 e. The lowest BCUT2D eigenvalue weighted by Crippen LogP contribution is -2.39. The second-order valence-corrected chi connectivity index (χ2v) is 6.22. The molecule has 1 aromatic heterocycles. The minimum absolute atomic E-state index is 0.0487. The van der Waals surface area contributed by atoms with Gasteiger partial charge in [0.25, 0.3) is 5.91 Å². The van der Waals surface area contributed by atoms with Gasteiger partial charge in [-0.05, 0) is 39.2 Å². The van der Waals surface area contributed by atoms with Crippen molar-refractivity contribution < 1.29 is 9.53 Å². The average Bonchev–Trinajstić information content (AvgIpc) is 2.59. The van der Waals surface area contributed by atoms with Crippen LogP contribution in [0, 0.1) is 0 Å². The summed E-state index contributed by atoms with van der Waals surface area (Å²) >= 11 is 0. The molecule has 0 aromatic carbocycles. The van der Waals surface area contributed by atoms with Gasteiger partial charge >= 0.3 is 0 Å². The molecule has 0 radical (unpaired) electrons. The minimum Gasteiger partial charge on any atom is -0.379 e. The van der Waals surface area contributed by atoms with E-state index in [0.29, 0.717) is 12.1 Å². The van der Waals surface area contributed by atoms with Crippen molar-refractivity contribution in [3.8, 4) is 0 Å². The van der Waals surface area contributed by atoms with Crippen LogP contribution in [0.1, 0.15) is 16.8 Å². The van der Waals surface area contributed by atoms with Crippen molar-refractivity contribution in [2.24, 2.45) is 0 Å². The van der Waals surface area contributed by atoms with Crippen molar-refractivity contribution in [3.63, 3.8) is 0 Å². The first-order chi connectivity index (χ1) is 11.6. The topological polar surface area (TPSA) is 69.7 Å². The fourth-order valence-electron chi connectivity index (χ4n) is 2.53. The Morgan fingerprint density at radius 1 is 1.33 bits per heavy atom. The highest BCUT2D eigenvalue weighted by Gasteiger charge is 2.10. The highest BCUT2D eigenvalue weighted by molar-refractivity contribution is 5.94. The molecule has 7 nitrogen and oxygen atoms in total. The molecule has 0 atom stereocenters. The molecule has 1 amide bonds. The molecule has 0 bridgehead atoms. The van der Waals surface area contributed by atoms with Gasteiger partial charge in [-0.1, -0.05) is 0 Å². The van der Waals surface area contributed by atoms with Gasteiger partial charge in [0.2, 0.25) is 0 Å². The summed E-state index contributed by atoms with van der Waals surface area (Å²) in [6, 6.07) is 3.55. The number of ether oxygens (including phenoxy) is 1. The molecule has 1 aromatic rings. The first-order valence-electron chi connectivity index (χ1n) is 8.58. The van der Waals surface area contributed by atoms with Crippen LogP contribution >= 0.6 is 0 Å². The van der Waals surface area contributed by atoms with Gasteiger partial charge in [-0.2, -0.15) is 0 Å². The van der Waals surface area contributed by atoms with Crippen LogP contribution in [0.4, 0.5) is 5.82 Å². The Kier molecular flexibility index (Phi) is 7.94. The summed E-state index contributed by atoms with van der Waals surface area (Å²) in [6.07, 6.45) is 2.61. The van der Waals surface area contributed by atoms with Crippen LogP contribution in [0.15, 0.2) is 18.3 Å². The Hall–Kier alpha value is -1.70. The summed E-state index contributed by atoms with van der Waals surface area (Å²) < 4.78 is 5.34. The normalized spacial score (nSPS) is 15.5. The number of hydrogen-bond donors (Lipinski definition) is 2. The van der Waals surface area contributed by atoms with Gasteiger partial charge in [0.05, 0.1) is 13.2 Å². The monoisotopic (exact) mass is 335 g/mol. The summed E-state index contributed by atoms with van der Waals surface area (Å²) in [7, 11) is 4.05. The number of rotatable bonds is 9. The van der Waals surface area contributed by atoms with Crippen molar-refractivity contribution in [3.05, 3.63) is 23.9 Å². The van der Waals surface area contributed by atoms with Gasteiger partial charge in [-0.15, -0.1) is 0 Å². The van der Waals surface area contributed by atoms with E-state index in [9.17, 15) is 4.79 Å². The number of nitrogens with one attached hydrogen (secondary N) is 2. The maximum Gasteiger partial charge on any atom is 0.251 e. The Balaban J connectivity index is 1.72. The molecule has 24 heavy (non-hydrogen) atoms. The van der Waals surface area contributed by atoms with Crippen LogP contribution in [0.5, 0.6) is 0 Å². The molecule has 1 saturated heterocycles. The van der Waals surface area contributed by atoms with Crippen LogP contribution in [-0.2, 0) is 4.74 Å². The van der Waals surface area contributed by atoms with E-state index in [4.69, 9.17) is 4.74 Å². The molecule has 0 unspecified atom stereocenters. The molecule has 1 aliphatic rings. The van der Waals surface area contributed by atoms with E-state index in [0.717, 1.165) is 58.2 Å². The number of carbonyl (C=O) groups excluding carboxylic acids is 1. The van der Waals surface area contributed by atoms with Gasteiger partial charge in [-0.25, -0.2) is 4.98 Å². The van der Waals surface area contributed by atoms with Crippen molar-refractivity contribution in [2.45, 2.75) is 6.42 Å². The predicted molar refractivity (Wildman–Crippen MR) is 95.5 cm³/mol.